The van der Waals surface area contributed by atoms with Crippen molar-refractivity contribution in [1.82, 2.24) is 19.4 Å². The fraction of sp³-hybridized carbons (Fsp3) is 0.528. The molecule has 3 aliphatic rings. The molecule has 0 saturated carbocycles. The lowest BCUT2D eigenvalue weighted by atomic mass is 9.93. The Morgan fingerprint density at radius 3 is 2.30 bits per heavy atom. The quantitative estimate of drug-likeness (QED) is 0.328. The van der Waals surface area contributed by atoms with Gasteiger partial charge in [-0.15, -0.1) is 0 Å². The van der Waals surface area contributed by atoms with Gasteiger partial charge in [-0.25, -0.2) is 9.78 Å². The molecule has 3 aliphatic heterocycles. The highest BCUT2D eigenvalue weighted by molar-refractivity contribution is 6.01. The normalized spacial score (nSPS) is 21.7. The third kappa shape index (κ3) is 6.27. The molecule has 234 valence electrons. The molecule has 3 aromatic rings. The SMILES string of the molecule is Cc1ccc(NC(=O)N(CCCN2C3CCC2CC(n2c(C)nc4c2CCN(C(=O)C(C)(C)C)C4)C3)c2ccccc2)cc1. The van der Waals surface area contributed by atoms with Gasteiger partial charge in [-0.2, -0.15) is 0 Å². The first-order valence-corrected chi connectivity index (χ1v) is 16.4. The maximum atomic E-state index is 13.4. The summed E-state index contributed by atoms with van der Waals surface area (Å²) >= 11 is 0. The Morgan fingerprint density at radius 1 is 0.955 bits per heavy atom. The van der Waals surface area contributed by atoms with Crippen molar-refractivity contribution in [2.24, 2.45) is 5.41 Å². The second-order valence-corrected chi connectivity index (χ2v) is 14.0. The van der Waals surface area contributed by atoms with E-state index in [2.05, 4.69) is 21.7 Å². The van der Waals surface area contributed by atoms with Gasteiger partial charge in [-0.1, -0.05) is 56.7 Å². The van der Waals surface area contributed by atoms with Crippen LogP contribution >= 0.6 is 0 Å². The number of rotatable bonds is 7. The molecular formula is C36H48N6O2. The molecule has 2 fully saturated rings. The van der Waals surface area contributed by atoms with Crippen LogP contribution in [0.3, 0.4) is 0 Å². The predicted molar refractivity (Wildman–Crippen MR) is 176 cm³/mol. The number of hydrogen-bond donors (Lipinski definition) is 1. The minimum absolute atomic E-state index is 0.0927. The standard InChI is InChI=1S/C36H48N6O2/c1-25-12-14-27(15-13-25)38-35(44)41(28-10-7-6-8-11-28)20-9-19-40-29-16-17-30(40)23-31(22-29)42-26(2)37-32-24-39(21-18-33(32)42)34(43)36(3,4)5/h6-8,10-15,29-31H,9,16-24H2,1-5H3,(H,38,44). The highest BCUT2D eigenvalue weighted by Crippen LogP contribution is 2.42. The van der Waals surface area contributed by atoms with Gasteiger partial charge in [0.1, 0.15) is 5.82 Å². The van der Waals surface area contributed by atoms with Crippen molar-refractivity contribution in [3.8, 4) is 0 Å². The average Bonchev–Trinajstić information content (AvgIpc) is 3.45. The largest absolute Gasteiger partial charge is 0.336 e. The Hall–Kier alpha value is -3.65. The van der Waals surface area contributed by atoms with Crippen molar-refractivity contribution in [2.75, 3.05) is 29.9 Å². The first-order valence-electron chi connectivity index (χ1n) is 16.4. The van der Waals surface area contributed by atoms with Gasteiger partial charge in [0, 0.05) is 66.7 Å². The van der Waals surface area contributed by atoms with Crippen molar-refractivity contribution in [1.29, 1.82) is 0 Å². The lowest BCUT2D eigenvalue weighted by Crippen LogP contribution is -2.46. The van der Waals surface area contributed by atoms with E-state index in [-0.39, 0.29) is 17.4 Å². The summed E-state index contributed by atoms with van der Waals surface area (Å²) in [6, 6.07) is 19.4. The number of urea groups is 1. The number of nitrogens with zero attached hydrogens (tertiary/aromatic N) is 5. The Kier molecular flexibility index (Phi) is 8.55. The van der Waals surface area contributed by atoms with Gasteiger partial charge in [0.2, 0.25) is 5.91 Å². The van der Waals surface area contributed by atoms with Crippen LogP contribution in [0, 0.1) is 19.3 Å². The van der Waals surface area contributed by atoms with Crippen LogP contribution in [0.2, 0.25) is 0 Å². The summed E-state index contributed by atoms with van der Waals surface area (Å²) in [6.45, 7) is 13.2. The second kappa shape index (κ2) is 12.4. The number of para-hydroxylation sites is 1. The van der Waals surface area contributed by atoms with Gasteiger partial charge in [0.05, 0.1) is 12.2 Å². The van der Waals surface area contributed by atoms with Crippen LogP contribution < -0.4 is 10.2 Å². The molecule has 0 spiro atoms. The molecule has 1 aromatic heterocycles. The number of aromatic nitrogens is 2. The molecule has 2 saturated heterocycles. The molecule has 2 atom stereocenters. The molecule has 8 heteroatoms. The third-order valence-electron chi connectivity index (χ3n) is 9.80. The lowest BCUT2D eigenvalue weighted by Gasteiger charge is -2.41. The average molecular weight is 597 g/mol. The van der Waals surface area contributed by atoms with E-state index in [4.69, 9.17) is 4.98 Å². The Balaban J connectivity index is 1.09. The molecule has 44 heavy (non-hydrogen) atoms. The molecule has 2 unspecified atom stereocenters. The van der Waals surface area contributed by atoms with E-state index >= 15 is 0 Å². The van der Waals surface area contributed by atoms with Crippen molar-refractivity contribution >= 4 is 23.3 Å². The monoisotopic (exact) mass is 596 g/mol. The number of nitrogens with one attached hydrogen (secondary N) is 1. The summed E-state index contributed by atoms with van der Waals surface area (Å²) in [5.41, 5.74) is 4.96. The number of amides is 3. The van der Waals surface area contributed by atoms with E-state index in [9.17, 15) is 9.59 Å². The van der Waals surface area contributed by atoms with Crippen LogP contribution in [-0.2, 0) is 17.8 Å². The Morgan fingerprint density at radius 2 is 1.64 bits per heavy atom. The van der Waals surface area contributed by atoms with Crippen molar-refractivity contribution < 1.29 is 9.59 Å². The predicted octanol–water partition coefficient (Wildman–Crippen LogP) is 6.73. The van der Waals surface area contributed by atoms with E-state index in [0.29, 0.717) is 31.2 Å². The van der Waals surface area contributed by atoms with Gasteiger partial charge in [0.25, 0.3) is 0 Å². The molecule has 2 bridgehead atoms. The Bertz CT molecular complexity index is 1460. The van der Waals surface area contributed by atoms with Gasteiger partial charge in [-0.05, 0) is 70.2 Å². The fourth-order valence-corrected chi connectivity index (χ4v) is 7.69. The first-order chi connectivity index (χ1) is 21.1. The topological polar surface area (TPSA) is 73.7 Å². The van der Waals surface area contributed by atoms with Crippen molar-refractivity contribution in [2.45, 2.75) is 97.8 Å². The molecule has 1 N–H and O–H groups in total. The Labute approximate surface area is 262 Å². The lowest BCUT2D eigenvalue weighted by molar-refractivity contribution is -0.140. The van der Waals surface area contributed by atoms with Crippen LogP contribution in [0.15, 0.2) is 54.6 Å². The molecule has 3 amide bonds. The van der Waals surface area contributed by atoms with Crippen LogP contribution in [-0.4, -0.2) is 63.0 Å². The number of hydrogen-bond acceptors (Lipinski definition) is 4. The number of fused-ring (bicyclic) bond motifs is 3. The van der Waals surface area contributed by atoms with Gasteiger partial charge < -0.3 is 14.8 Å². The summed E-state index contributed by atoms with van der Waals surface area (Å²) in [6.07, 6.45) is 6.56. The number of carbonyl (C=O) groups excluding carboxylic acids is 2. The van der Waals surface area contributed by atoms with E-state index in [1.807, 2.05) is 92.1 Å². The number of anilines is 2. The number of imidazole rings is 1. The number of carbonyl (C=O) groups is 2. The maximum absolute atomic E-state index is 13.4. The first kappa shape index (κ1) is 30.4. The molecule has 4 heterocycles. The second-order valence-electron chi connectivity index (χ2n) is 14.0. The van der Waals surface area contributed by atoms with Gasteiger partial charge >= 0.3 is 6.03 Å². The van der Waals surface area contributed by atoms with E-state index in [0.717, 1.165) is 61.7 Å². The highest BCUT2D eigenvalue weighted by Gasteiger charge is 2.42. The molecule has 0 radical (unpaired) electrons. The zero-order chi connectivity index (χ0) is 31.0. The summed E-state index contributed by atoms with van der Waals surface area (Å²) in [5, 5.41) is 3.10. The zero-order valence-electron chi connectivity index (χ0n) is 27.1. The van der Waals surface area contributed by atoms with Crippen LogP contribution in [0.4, 0.5) is 16.2 Å². The van der Waals surface area contributed by atoms with Crippen LogP contribution in [0.1, 0.15) is 81.7 Å². The van der Waals surface area contributed by atoms with Gasteiger partial charge in [0.15, 0.2) is 0 Å². The number of benzene rings is 2. The molecule has 6 rings (SSSR count). The van der Waals surface area contributed by atoms with E-state index in [1.54, 1.807) is 0 Å². The minimum Gasteiger partial charge on any atom is -0.336 e. The fourth-order valence-electron chi connectivity index (χ4n) is 7.69. The van der Waals surface area contributed by atoms with Crippen molar-refractivity contribution in [3.63, 3.8) is 0 Å². The van der Waals surface area contributed by atoms with E-state index in [1.165, 1.54) is 24.1 Å². The highest BCUT2D eigenvalue weighted by atomic mass is 16.2. The van der Waals surface area contributed by atoms with Gasteiger partial charge in [-0.3, -0.25) is 14.6 Å². The molecule has 0 aliphatic carbocycles. The van der Waals surface area contributed by atoms with Crippen LogP contribution in [0.25, 0.3) is 0 Å². The summed E-state index contributed by atoms with van der Waals surface area (Å²) in [5.74, 6) is 1.30. The number of piperidine rings is 1. The maximum Gasteiger partial charge on any atom is 0.326 e. The third-order valence-corrected chi connectivity index (χ3v) is 9.80. The molecule has 2 aromatic carbocycles. The summed E-state index contributed by atoms with van der Waals surface area (Å²) in [4.78, 5) is 38.0. The summed E-state index contributed by atoms with van der Waals surface area (Å²) in [7, 11) is 0. The molecule has 8 nitrogen and oxygen atoms in total. The summed E-state index contributed by atoms with van der Waals surface area (Å²) < 4.78 is 2.53. The number of aryl methyl sites for hydroxylation is 2. The molecular weight excluding hydrogens is 548 g/mol. The van der Waals surface area contributed by atoms with Crippen molar-refractivity contribution in [3.05, 3.63) is 77.4 Å². The minimum atomic E-state index is -0.371. The van der Waals surface area contributed by atoms with Crippen LogP contribution in [0.5, 0.6) is 0 Å². The van der Waals surface area contributed by atoms with E-state index < -0.39 is 0 Å². The smallest absolute Gasteiger partial charge is 0.326 e. The zero-order valence-corrected chi connectivity index (χ0v) is 27.1.